The number of rotatable bonds is 1. The molecule has 0 saturated heterocycles. The molecule has 0 saturated carbocycles. The first kappa shape index (κ1) is 12.2. The molecule has 0 spiro atoms. The van der Waals surface area contributed by atoms with Crippen LogP contribution in [-0.2, 0) is 3.07 Å². The summed E-state index contributed by atoms with van der Waals surface area (Å²) in [6.07, 6.45) is 0. The van der Waals surface area contributed by atoms with E-state index in [0.717, 1.165) is 0 Å². The van der Waals surface area contributed by atoms with Crippen molar-refractivity contribution < 1.29 is 14.4 Å². The van der Waals surface area contributed by atoms with Crippen LogP contribution in [0.5, 0.6) is 5.75 Å². The number of phenols is 1. The average Bonchev–Trinajstić information content (AvgIpc) is 2.04. The fourth-order valence-electron chi connectivity index (χ4n) is 0.688. The van der Waals surface area contributed by atoms with Gasteiger partial charge in [0.1, 0.15) is 11.3 Å². The van der Waals surface area contributed by atoms with Crippen molar-refractivity contribution in [3.8, 4) is 5.75 Å². The van der Waals surface area contributed by atoms with Gasteiger partial charge < -0.3 is 8.17 Å². The molecule has 1 aromatic rings. The number of halogens is 1. The van der Waals surface area contributed by atoms with E-state index in [1.54, 1.807) is 12.1 Å². The van der Waals surface area contributed by atoms with E-state index in [4.69, 9.17) is 5.11 Å². The van der Waals surface area contributed by atoms with Crippen LogP contribution in [0.3, 0.4) is 0 Å². The molecular formula is C7H7INaO3+. The summed E-state index contributed by atoms with van der Waals surface area (Å²) < 4.78 is 4.39. The van der Waals surface area contributed by atoms with Gasteiger partial charge in [-0.25, -0.2) is 4.79 Å². The maximum atomic E-state index is 10.8. The third kappa shape index (κ3) is 2.93. The Kier molecular flexibility index (Phi) is 5.90. The molecule has 0 aliphatic carbocycles. The van der Waals surface area contributed by atoms with Crippen LogP contribution in [0.15, 0.2) is 24.3 Å². The molecule has 0 heterocycles. The Hall–Kier alpha value is 0.220. The van der Waals surface area contributed by atoms with Crippen molar-refractivity contribution in [1.82, 2.24) is 0 Å². The molecule has 0 fully saturated rings. The summed E-state index contributed by atoms with van der Waals surface area (Å²) in [6, 6.07) is 6.22. The Bertz CT molecular complexity index is 282. The number of aromatic hydroxyl groups is 1. The van der Waals surface area contributed by atoms with Gasteiger partial charge in [-0.2, -0.15) is 0 Å². The zero-order chi connectivity index (χ0) is 8.27. The number of carbonyl (C=O) groups excluding carboxylic acids is 1. The Morgan fingerprint density at radius 1 is 1.50 bits per heavy atom. The van der Waals surface area contributed by atoms with Crippen molar-refractivity contribution in [3.63, 3.8) is 0 Å². The van der Waals surface area contributed by atoms with E-state index in [9.17, 15) is 4.79 Å². The molecule has 5 heteroatoms. The Balaban J connectivity index is 0. The topological polar surface area (TPSA) is 46.5 Å². The number of hydrogen-bond donors (Lipinski definition) is 1. The van der Waals surface area contributed by atoms with Crippen LogP contribution in [0.25, 0.3) is 0 Å². The van der Waals surface area contributed by atoms with E-state index in [-0.39, 0.29) is 42.3 Å². The second-order valence-electron chi connectivity index (χ2n) is 1.88. The Morgan fingerprint density at radius 2 is 2.08 bits per heavy atom. The molecule has 60 valence electrons. The van der Waals surface area contributed by atoms with E-state index in [2.05, 4.69) is 3.07 Å². The van der Waals surface area contributed by atoms with Crippen molar-refractivity contribution in [2.24, 2.45) is 0 Å². The van der Waals surface area contributed by atoms with Crippen LogP contribution in [0.4, 0.5) is 0 Å². The van der Waals surface area contributed by atoms with Gasteiger partial charge in [-0.05, 0) is 12.1 Å². The van der Waals surface area contributed by atoms with Gasteiger partial charge in [-0.3, -0.25) is 0 Å². The quantitative estimate of drug-likeness (QED) is 0.627. The summed E-state index contributed by atoms with van der Waals surface area (Å²) >= 11 is 1.47. The fourth-order valence-corrected chi connectivity index (χ4v) is 0.925. The van der Waals surface area contributed by atoms with Crippen molar-refractivity contribution in [2.75, 3.05) is 0 Å². The predicted molar refractivity (Wildman–Crippen MR) is 55.8 cm³/mol. The second kappa shape index (κ2) is 5.80. The molecule has 12 heavy (non-hydrogen) atoms. The molecule has 0 unspecified atom stereocenters. The average molecular weight is 289 g/mol. The van der Waals surface area contributed by atoms with Gasteiger partial charge in [0, 0.05) is 0 Å². The molecule has 0 amide bonds. The Morgan fingerprint density at radius 3 is 2.58 bits per heavy atom. The van der Waals surface area contributed by atoms with Gasteiger partial charge in [0.15, 0.2) is 23.0 Å². The third-order valence-corrected chi connectivity index (χ3v) is 1.59. The standard InChI is InChI=1S/C7H5IO3.Na.H/c8-11-7(10)5-3-1-2-4-6(5)9;;/h1-4,9H;;/p+1. The number of para-hydroxylation sites is 1. The normalized spacial score (nSPS) is 8.42. The van der Waals surface area contributed by atoms with Crippen LogP contribution in [-0.4, -0.2) is 40.6 Å². The molecule has 1 aromatic carbocycles. The van der Waals surface area contributed by atoms with E-state index < -0.39 is 5.97 Å². The molecule has 0 bridgehead atoms. The van der Waals surface area contributed by atoms with Gasteiger partial charge in [0.2, 0.25) is 0 Å². The molecule has 0 radical (unpaired) electrons. The summed E-state index contributed by atoms with van der Waals surface area (Å²) in [5, 5.41) is 9.11. The second-order valence-corrected chi connectivity index (χ2v) is 2.32. The summed E-state index contributed by atoms with van der Waals surface area (Å²) in [5.74, 6) is -0.599. The summed E-state index contributed by atoms with van der Waals surface area (Å²) in [4.78, 5) is 10.8. The summed E-state index contributed by atoms with van der Waals surface area (Å²) in [7, 11) is 0. The number of phenolic OH excluding ortho intramolecular Hbond substituents is 1. The molecule has 0 aliphatic rings. The van der Waals surface area contributed by atoms with Gasteiger partial charge >= 0.3 is 37.0 Å². The molecule has 0 atom stereocenters. The van der Waals surface area contributed by atoms with Gasteiger partial charge in [0.05, 0.1) is 0 Å². The van der Waals surface area contributed by atoms with E-state index in [1.807, 2.05) is 0 Å². The number of benzene rings is 1. The molecule has 3 nitrogen and oxygen atoms in total. The van der Waals surface area contributed by atoms with Gasteiger partial charge in [0.25, 0.3) is 0 Å². The van der Waals surface area contributed by atoms with Crippen LogP contribution in [0.1, 0.15) is 11.8 Å². The van der Waals surface area contributed by atoms with E-state index in [0.29, 0.717) is 0 Å². The first-order chi connectivity index (χ1) is 5.25. The third-order valence-electron chi connectivity index (χ3n) is 1.19. The monoisotopic (exact) mass is 289 g/mol. The van der Waals surface area contributed by atoms with Crippen LogP contribution >= 0.6 is 23.0 Å². The molecule has 1 N–H and O–H groups in total. The van der Waals surface area contributed by atoms with Gasteiger partial charge in [-0.15, -0.1) is 0 Å². The molecule has 0 aromatic heterocycles. The maximum absolute atomic E-state index is 10.8. The van der Waals surface area contributed by atoms with Crippen LogP contribution < -0.4 is 0 Å². The summed E-state index contributed by atoms with van der Waals surface area (Å²) in [5.41, 5.74) is 0.182. The zero-order valence-corrected chi connectivity index (χ0v) is 7.61. The van der Waals surface area contributed by atoms with Crippen molar-refractivity contribution >= 4 is 58.5 Å². The predicted octanol–water partition coefficient (Wildman–Crippen LogP) is 1.36. The Labute approximate surface area is 108 Å². The minimum atomic E-state index is -0.538. The van der Waals surface area contributed by atoms with E-state index in [1.165, 1.54) is 35.1 Å². The van der Waals surface area contributed by atoms with Crippen molar-refractivity contribution in [2.45, 2.75) is 0 Å². The van der Waals surface area contributed by atoms with E-state index >= 15 is 0 Å². The van der Waals surface area contributed by atoms with Crippen LogP contribution in [0.2, 0.25) is 0 Å². The summed E-state index contributed by atoms with van der Waals surface area (Å²) in [6.45, 7) is 0. The van der Waals surface area contributed by atoms with Crippen molar-refractivity contribution in [3.05, 3.63) is 29.8 Å². The first-order valence-electron chi connectivity index (χ1n) is 2.86. The number of hydrogen-bond acceptors (Lipinski definition) is 3. The molecule has 1 rings (SSSR count). The zero-order valence-electron chi connectivity index (χ0n) is 6.45. The minimum absolute atomic E-state index is 0. The fraction of sp³-hybridized carbons (Fsp3) is 0. The molecular weight excluding hydrogens is 282 g/mol. The van der Waals surface area contributed by atoms with Gasteiger partial charge in [-0.1, -0.05) is 12.1 Å². The first-order valence-corrected chi connectivity index (χ1v) is 3.74. The SMILES string of the molecule is O=C(OI)c1ccccc1O.[H+].[NaH]. The van der Waals surface area contributed by atoms with Crippen LogP contribution in [0, 0.1) is 0 Å². The molecule has 0 aliphatic heterocycles. The number of carbonyl (C=O) groups is 1. The van der Waals surface area contributed by atoms with Crippen molar-refractivity contribution in [1.29, 1.82) is 0 Å².